The van der Waals surface area contributed by atoms with Crippen molar-refractivity contribution in [2.75, 3.05) is 33.9 Å². The quantitative estimate of drug-likeness (QED) is 0.725. The van der Waals surface area contributed by atoms with E-state index in [4.69, 9.17) is 16.3 Å². The minimum Gasteiger partial charge on any atom is -0.469 e. The van der Waals surface area contributed by atoms with E-state index in [0.29, 0.717) is 23.7 Å². The summed E-state index contributed by atoms with van der Waals surface area (Å²) in [7, 11) is 2.89. The molecule has 0 unspecified atom stereocenters. The number of esters is 1. The van der Waals surface area contributed by atoms with E-state index in [1.165, 1.54) is 7.11 Å². The fourth-order valence-corrected chi connectivity index (χ4v) is 2.11. The Bertz CT molecular complexity index is 504. The molecule has 1 aromatic rings. The molecule has 0 fully saturated rings. The van der Waals surface area contributed by atoms with Crippen molar-refractivity contribution in [1.82, 2.24) is 4.90 Å². The van der Waals surface area contributed by atoms with Gasteiger partial charge in [0.25, 0.3) is 5.91 Å². The van der Waals surface area contributed by atoms with Crippen LogP contribution in [0.25, 0.3) is 0 Å². The van der Waals surface area contributed by atoms with Gasteiger partial charge in [0.15, 0.2) is 0 Å². The van der Waals surface area contributed by atoms with Crippen molar-refractivity contribution < 1.29 is 19.1 Å². The molecule has 1 rings (SSSR count). The van der Waals surface area contributed by atoms with Crippen LogP contribution in [-0.4, -0.2) is 50.7 Å². The summed E-state index contributed by atoms with van der Waals surface area (Å²) in [6.45, 7) is 2.93. The second-order valence-corrected chi connectivity index (χ2v) is 5.01. The topological polar surface area (TPSA) is 55.8 Å². The predicted octanol–water partition coefficient (Wildman–Crippen LogP) is 2.30. The Kier molecular flexibility index (Phi) is 7.19. The number of hydrogen-bond donors (Lipinski definition) is 0. The van der Waals surface area contributed by atoms with E-state index >= 15 is 0 Å². The molecule has 0 aromatic heterocycles. The monoisotopic (exact) mass is 313 g/mol. The summed E-state index contributed by atoms with van der Waals surface area (Å²) < 4.78 is 9.61. The van der Waals surface area contributed by atoms with Gasteiger partial charge in [0.2, 0.25) is 0 Å². The van der Waals surface area contributed by atoms with Crippen molar-refractivity contribution in [2.45, 2.75) is 13.3 Å². The van der Waals surface area contributed by atoms with Crippen molar-refractivity contribution in [3.63, 3.8) is 0 Å². The van der Waals surface area contributed by atoms with Gasteiger partial charge >= 0.3 is 5.97 Å². The van der Waals surface area contributed by atoms with Crippen molar-refractivity contribution in [2.24, 2.45) is 0 Å². The van der Waals surface area contributed by atoms with Crippen molar-refractivity contribution >= 4 is 23.5 Å². The van der Waals surface area contributed by atoms with Gasteiger partial charge in [-0.3, -0.25) is 9.59 Å². The van der Waals surface area contributed by atoms with Gasteiger partial charge < -0.3 is 14.4 Å². The third-order valence-electron chi connectivity index (χ3n) is 3.08. The van der Waals surface area contributed by atoms with Gasteiger partial charge in [0.1, 0.15) is 0 Å². The highest BCUT2D eigenvalue weighted by molar-refractivity contribution is 6.30. The molecule has 21 heavy (non-hydrogen) atoms. The lowest BCUT2D eigenvalue weighted by molar-refractivity contribution is -0.140. The normalized spacial score (nSPS) is 10.3. The second-order valence-electron chi connectivity index (χ2n) is 4.57. The van der Waals surface area contributed by atoms with Crippen LogP contribution >= 0.6 is 11.6 Å². The Morgan fingerprint density at radius 1 is 1.24 bits per heavy atom. The number of rotatable bonds is 7. The number of halogens is 1. The molecular weight excluding hydrogens is 294 g/mol. The molecule has 6 heteroatoms. The average Bonchev–Trinajstić information content (AvgIpc) is 2.46. The van der Waals surface area contributed by atoms with Gasteiger partial charge in [-0.2, -0.15) is 0 Å². The largest absolute Gasteiger partial charge is 0.469 e. The first-order valence-corrected chi connectivity index (χ1v) is 6.98. The fraction of sp³-hybridized carbons (Fsp3) is 0.467. The molecule has 0 bridgehead atoms. The maximum atomic E-state index is 12.6. The average molecular weight is 314 g/mol. The first-order valence-electron chi connectivity index (χ1n) is 6.60. The molecule has 5 nitrogen and oxygen atoms in total. The number of methoxy groups -OCH3 is 2. The summed E-state index contributed by atoms with van der Waals surface area (Å²) in [5.41, 5.74) is 1.37. The minimum atomic E-state index is -0.349. The zero-order valence-electron chi connectivity index (χ0n) is 12.5. The highest BCUT2D eigenvalue weighted by atomic mass is 35.5. The van der Waals surface area contributed by atoms with Crippen molar-refractivity contribution in [1.29, 1.82) is 0 Å². The summed E-state index contributed by atoms with van der Waals surface area (Å²) >= 11 is 5.90. The zero-order valence-corrected chi connectivity index (χ0v) is 13.3. The molecule has 0 atom stereocenters. The number of carbonyl (C=O) groups excluding carboxylic acids is 2. The van der Waals surface area contributed by atoms with E-state index in [1.807, 2.05) is 6.92 Å². The van der Waals surface area contributed by atoms with Gasteiger partial charge in [-0.25, -0.2) is 0 Å². The molecule has 1 amide bonds. The SMILES string of the molecule is COCCN(CCC(=O)OC)C(=O)c1ccc(Cl)cc1C. The molecule has 0 N–H and O–H groups in total. The molecule has 0 saturated heterocycles. The van der Waals surface area contributed by atoms with Gasteiger partial charge in [-0.1, -0.05) is 11.6 Å². The number of ether oxygens (including phenoxy) is 2. The molecule has 0 spiro atoms. The number of nitrogens with zero attached hydrogens (tertiary/aromatic N) is 1. The first-order chi connectivity index (χ1) is 9.99. The standard InChI is InChI=1S/C15H20ClNO4/c1-11-10-12(16)4-5-13(11)15(19)17(8-9-20-2)7-6-14(18)21-3/h4-5,10H,6-9H2,1-3H3. The molecule has 0 radical (unpaired) electrons. The van der Waals surface area contributed by atoms with Crippen LogP contribution in [0.2, 0.25) is 5.02 Å². The van der Waals surface area contributed by atoms with Crippen LogP contribution in [0.1, 0.15) is 22.3 Å². The molecule has 0 aliphatic rings. The van der Waals surface area contributed by atoms with E-state index in [-0.39, 0.29) is 24.8 Å². The van der Waals surface area contributed by atoms with Crippen molar-refractivity contribution in [3.05, 3.63) is 34.3 Å². The number of carbonyl (C=O) groups is 2. The Labute approximate surface area is 129 Å². The Morgan fingerprint density at radius 3 is 2.52 bits per heavy atom. The van der Waals surface area contributed by atoms with E-state index in [0.717, 1.165) is 5.56 Å². The predicted molar refractivity (Wildman–Crippen MR) is 80.6 cm³/mol. The molecule has 0 saturated carbocycles. The fourth-order valence-electron chi connectivity index (χ4n) is 1.88. The molecule has 116 valence electrons. The zero-order chi connectivity index (χ0) is 15.8. The van der Waals surface area contributed by atoms with Crippen LogP contribution in [0, 0.1) is 6.92 Å². The molecule has 0 heterocycles. The van der Waals surface area contributed by atoms with E-state index < -0.39 is 0 Å². The van der Waals surface area contributed by atoms with E-state index in [9.17, 15) is 9.59 Å². The van der Waals surface area contributed by atoms with E-state index in [1.54, 1.807) is 30.2 Å². The first kappa shape index (κ1) is 17.5. The number of hydrogen-bond acceptors (Lipinski definition) is 4. The molecular formula is C15H20ClNO4. The number of amides is 1. The Hall–Kier alpha value is -1.59. The summed E-state index contributed by atoms with van der Waals surface area (Å²) in [5, 5.41) is 0.585. The van der Waals surface area contributed by atoms with Crippen LogP contribution in [-0.2, 0) is 14.3 Å². The van der Waals surface area contributed by atoms with Gasteiger partial charge in [-0.15, -0.1) is 0 Å². The lowest BCUT2D eigenvalue weighted by atomic mass is 10.1. The minimum absolute atomic E-state index is 0.148. The van der Waals surface area contributed by atoms with Crippen LogP contribution in [0.5, 0.6) is 0 Å². The lowest BCUT2D eigenvalue weighted by Gasteiger charge is -2.23. The van der Waals surface area contributed by atoms with Crippen LogP contribution in [0.15, 0.2) is 18.2 Å². The molecule has 0 aliphatic heterocycles. The maximum absolute atomic E-state index is 12.6. The molecule has 0 aliphatic carbocycles. The van der Waals surface area contributed by atoms with Gasteiger partial charge in [0, 0.05) is 30.8 Å². The van der Waals surface area contributed by atoms with Crippen molar-refractivity contribution in [3.8, 4) is 0 Å². The van der Waals surface area contributed by atoms with Crippen LogP contribution in [0.3, 0.4) is 0 Å². The van der Waals surface area contributed by atoms with Gasteiger partial charge in [-0.05, 0) is 30.7 Å². The number of benzene rings is 1. The van der Waals surface area contributed by atoms with Crippen LogP contribution < -0.4 is 0 Å². The molecule has 1 aromatic carbocycles. The second kappa shape index (κ2) is 8.64. The third-order valence-corrected chi connectivity index (χ3v) is 3.32. The summed E-state index contributed by atoms with van der Waals surface area (Å²) in [6.07, 6.45) is 0.151. The maximum Gasteiger partial charge on any atom is 0.307 e. The Morgan fingerprint density at radius 2 is 1.95 bits per heavy atom. The summed E-state index contributed by atoms with van der Waals surface area (Å²) in [4.78, 5) is 25.4. The number of aryl methyl sites for hydroxylation is 1. The Balaban J connectivity index is 2.85. The highest BCUT2D eigenvalue weighted by Crippen LogP contribution is 2.17. The van der Waals surface area contributed by atoms with E-state index in [2.05, 4.69) is 4.74 Å². The summed E-state index contributed by atoms with van der Waals surface area (Å²) in [6, 6.07) is 5.11. The summed E-state index contributed by atoms with van der Waals surface area (Å²) in [5.74, 6) is -0.497. The smallest absolute Gasteiger partial charge is 0.307 e. The highest BCUT2D eigenvalue weighted by Gasteiger charge is 2.18. The van der Waals surface area contributed by atoms with Gasteiger partial charge in [0.05, 0.1) is 20.1 Å². The lowest BCUT2D eigenvalue weighted by Crippen LogP contribution is -2.36. The third kappa shape index (κ3) is 5.36. The van der Waals surface area contributed by atoms with Crippen LogP contribution in [0.4, 0.5) is 0 Å².